The van der Waals surface area contributed by atoms with Crippen molar-refractivity contribution < 1.29 is 98.5 Å². The smallest absolute Gasteiger partial charge is 0.460 e. The van der Waals surface area contributed by atoms with Gasteiger partial charge in [-0.05, 0) is 0 Å². The van der Waals surface area contributed by atoms with Crippen molar-refractivity contribution in [2.24, 2.45) is 0 Å². The molecule has 0 aromatic carbocycles. The van der Waals surface area contributed by atoms with Gasteiger partial charge in [-0.15, -0.1) is 0 Å². The molecule has 0 aliphatic carbocycles. The van der Waals surface area contributed by atoms with Crippen LogP contribution in [0, 0.1) is 0 Å². The van der Waals surface area contributed by atoms with Crippen LogP contribution < -0.4 is 0 Å². The predicted octanol–water partition coefficient (Wildman–Crippen LogP) is 6.67. The summed E-state index contributed by atoms with van der Waals surface area (Å²) in [6.07, 6.45) is -10.1. The van der Waals surface area contributed by atoms with E-state index in [-0.39, 0.29) is 12.4 Å². The van der Waals surface area contributed by atoms with E-state index in [9.17, 15) is 88.6 Å². The third kappa shape index (κ3) is 6.59. The van der Waals surface area contributed by atoms with Crippen LogP contribution in [0.3, 0.4) is 0 Å². The topological polar surface area (TPSA) is 63.6 Å². The Morgan fingerprint density at radius 1 is 0.658 bits per heavy atom. The molecule has 0 rings (SSSR count). The van der Waals surface area contributed by atoms with Crippen LogP contribution in [0.15, 0.2) is 25.1 Å². The molecule has 0 aliphatic heterocycles. The number of halogens is 18. The van der Waals surface area contributed by atoms with E-state index >= 15 is 0 Å². The molecule has 0 amide bonds. The molecule has 22 heteroatoms. The third-order valence-corrected chi connectivity index (χ3v) is 3.82. The SMILES string of the molecule is C=CC(=O)OCCC(F)(F)C(F)(F)C(F)(F)C(F)(F)C(F)(F)C(F)(F)C(F)(F)C(F)(F)F.O=C(O)C=CF. The van der Waals surface area contributed by atoms with Gasteiger partial charge in [-0.1, -0.05) is 6.58 Å². The van der Waals surface area contributed by atoms with E-state index in [1.54, 1.807) is 0 Å². The molecule has 0 fully saturated rings. The summed E-state index contributed by atoms with van der Waals surface area (Å²) in [5.41, 5.74) is 0. The first-order valence-electron chi connectivity index (χ1n) is 8.48. The number of aliphatic carboxylic acids is 1. The minimum atomic E-state index is -8.67. The van der Waals surface area contributed by atoms with E-state index in [1.165, 1.54) is 0 Å². The minimum absolute atomic E-state index is 0.0255. The van der Waals surface area contributed by atoms with E-state index in [2.05, 4.69) is 11.3 Å². The minimum Gasteiger partial charge on any atom is -0.478 e. The maximum atomic E-state index is 13.4. The number of carboxylic acid groups (broad SMARTS) is 1. The molecule has 0 saturated heterocycles. The molecule has 0 spiro atoms. The van der Waals surface area contributed by atoms with Gasteiger partial charge in [0.15, 0.2) is 0 Å². The Balaban J connectivity index is 0. The van der Waals surface area contributed by atoms with Crippen LogP contribution in [0.25, 0.3) is 0 Å². The molecule has 1 N–H and O–H groups in total. The second-order valence-corrected chi connectivity index (χ2v) is 6.40. The van der Waals surface area contributed by atoms with Crippen LogP contribution >= 0.6 is 0 Å². The summed E-state index contributed by atoms with van der Waals surface area (Å²) in [7, 11) is 0. The fourth-order valence-corrected chi connectivity index (χ4v) is 1.75. The highest BCUT2D eigenvalue weighted by Gasteiger charge is 2.95. The number of carbonyl (C=O) groups is 2. The van der Waals surface area contributed by atoms with Crippen LogP contribution in [0.5, 0.6) is 0 Å². The van der Waals surface area contributed by atoms with Crippen molar-refractivity contribution in [3.05, 3.63) is 25.1 Å². The molecule has 0 aliphatic rings. The Kier molecular flexibility index (Phi) is 11.3. The fraction of sp³-hybridized carbons (Fsp3) is 0.625. The van der Waals surface area contributed by atoms with Gasteiger partial charge in [0.1, 0.15) is 0 Å². The van der Waals surface area contributed by atoms with Crippen molar-refractivity contribution in [1.29, 1.82) is 0 Å². The van der Waals surface area contributed by atoms with E-state index in [0.29, 0.717) is 6.08 Å². The van der Waals surface area contributed by atoms with Gasteiger partial charge < -0.3 is 9.84 Å². The Hall–Kier alpha value is -2.84. The van der Waals surface area contributed by atoms with Gasteiger partial charge in [0.2, 0.25) is 0 Å². The number of alkyl halides is 17. The lowest BCUT2D eigenvalue weighted by Crippen LogP contribution is -2.74. The Bertz CT molecular complexity index is 874. The number of esters is 1. The molecule has 0 aromatic rings. The van der Waals surface area contributed by atoms with Gasteiger partial charge in [-0.2, -0.15) is 74.6 Å². The molecule has 0 unspecified atom stereocenters. The van der Waals surface area contributed by atoms with Crippen molar-refractivity contribution in [2.75, 3.05) is 6.61 Å². The summed E-state index contributed by atoms with van der Waals surface area (Å²) in [6, 6.07) is 0. The second-order valence-electron chi connectivity index (χ2n) is 6.40. The summed E-state index contributed by atoms with van der Waals surface area (Å²) in [4.78, 5) is 19.8. The molecule has 0 heterocycles. The van der Waals surface area contributed by atoms with Crippen molar-refractivity contribution >= 4 is 11.9 Å². The van der Waals surface area contributed by atoms with Gasteiger partial charge in [0.25, 0.3) is 0 Å². The summed E-state index contributed by atoms with van der Waals surface area (Å²) in [5.74, 6) is -59.7. The quantitative estimate of drug-likeness (QED) is 0.162. The highest BCUT2D eigenvalue weighted by Crippen LogP contribution is 2.64. The largest absolute Gasteiger partial charge is 0.478 e. The number of carbonyl (C=O) groups excluding carboxylic acids is 1. The zero-order valence-corrected chi connectivity index (χ0v) is 17.3. The van der Waals surface area contributed by atoms with E-state index in [1.807, 2.05) is 0 Å². The van der Waals surface area contributed by atoms with Crippen molar-refractivity contribution in [1.82, 2.24) is 0 Å². The summed E-state index contributed by atoms with van der Waals surface area (Å²) >= 11 is 0. The van der Waals surface area contributed by atoms with E-state index in [4.69, 9.17) is 5.11 Å². The molecule has 38 heavy (non-hydrogen) atoms. The van der Waals surface area contributed by atoms with E-state index < -0.39 is 72.6 Å². The molecule has 4 nitrogen and oxygen atoms in total. The first kappa shape index (κ1) is 37.3. The third-order valence-electron chi connectivity index (χ3n) is 3.82. The van der Waals surface area contributed by atoms with Gasteiger partial charge in [-0.3, -0.25) is 0 Å². The Morgan fingerprint density at radius 3 is 1.26 bits per heavy atom. The number of hydrogen-bond donors (Lipinski definition) is 1. The van der Waals surface area contributed by atoms with Crippen molar-refractivity contribution in [2.45, 2.75) is 54.1 Å². The Labute approximate surface area is 197 Å². The van der Waals surface area contributed by atoms with Crippen molar-refractivity contribution in [3.63, 3.8) is 0 Å². The molecule has 0 aromatic heterocycles. The fourth-order valence-electron chi connectivity index (χ4n) is 1.75. The summed E-state index contributed by atoms with van der Waals surface area (Å²) in [6.45, 7) is 0.666. The monoisotopic (exact) mass is 608 g/mol. The average molecular weight is 608 g/mol. The van der Waals surface area contributed by atoms with Crippen LogP contribution in [-0.4, -0.2) is 71.3 Å². The van der Waals surface area contributed by atoms with Gasteiger partial charge in [0.05, 0.1) is 25.4 Å². The number of hydrogen-bond acceptors (Lipinski definition) is 3. The molecular formula is C16H10F18O4. The number of ether oxygens (including phenoxy) is 1. The van der Waals surface area contributed by atoms with Gasteiger partial charge in [-0.25, -0.2) is 14.0 Å². The first-order chi connectivity index (χ1) is 16.5. The second kappa shape index (κ2) is 11.5. The Morgan fingerprint density at radius 2 is 1.00 bits per heavy atom. The normalized spacial score (nSPS) is 14.6. The zero-order valence-electron chi connectivity index (χ0n) is 17.3. The highest BCUT2D eigenvalue weighted by atomic mass is 19.4. The maximum absolute atomic E-state index is 13.4. The van der Waals surface area contributed by atoms with Crippen LogP contribution in [-0.2, 0) is 14.3 Å². The average Bonchev–Trinajstić information content (AvgIpc) is 2.72. The summed E-state index contributed by atoms with van der Waals surface area (Å²) < 4.78 is 235. The van der Waals surface area contributed by atoms with Gasteiger partial charge in [0, 0.05) is 6.08 Å². The van der Waals surface area contributed by atoms with Crippen LogP contribution in [0.2, 0.25) is 0 Å². The molecule has 0 bridgehead atoms. The predicted molar refractivity (Wildman–Crippen MR) is 84.3 cm³/mol. The molecular weight excluding hydrogens is 598 g/mol. The lowest BCUT2D eigenvalue weighted by Gasteiger charge is -2.42. The zero-order chi connectivity index (χ0) is 31.4. The molecule has 0 radical (unpaired) electrons. The standard InChI is InChI=1S/C13H7F17O2.C3H3FO2/c1-2-5(31)32-4-3-6(14,15)7(16,17)8(18,19)9(20,21)10(22,23)11(24,25)12(26,27)13(28,29)30;4-2-1-3(5)6/h2H,1,3-4H2;1-2H,(H,5,6). The molecule has 0 saturated carbocycles. The van der Waals surface area contributed by atoms with E-state index in [0.717, 1.165) is 0 Å². The van der Waals surface area contributed by atoms with Crippen LogP contribution in [0.4, 0.5) is 79.0 Å². The number of carboxylic acids is 1. The maximum Gasteiger partial charge on any atom is 0.460 e. The van der Waals surface area contributed by atoms with Crippen molar-refractivity contribution in [3.8, 4) is 0 Å². The lowest BCUT2D eigenvalue weighted by atomic mass is 9.88. The molecule has 0 atom stereocenters. The first-order valence-corrected chi connectivity index (χ1v) is 8.48. The van der Waals surface area contributed by atoms with Gasteiger partial charge >= 0.3 is 59.6 Å². The molecule has 224 valence electrons. The van der Waals surface area contributed by atoms with Crippen LogP contribution in [0.1, 0.15) is 6.42 Å². The highest BCUT2D eigenvalue weighted by molar-refractivity contribution is 5.81. The lowest BCUT2D eigenvalue weighted by molar-refractivity contribution is -0.461. The number of rotatable bonds is 11. The summed E-state index contributed by atoms with van der Waals surface area (Å²) in [5, 5.41) is 7.59.